The van der Waals surface area contributed by atoms with Crippen LogP contribution in [0.1, 0.15) is 20.3 Å². The zero-order chi connectivity index (χ0) is 13.6. The van der Waals surface area contributed by atoms with Crippen molar-refractivity contribution in [2.45, 2.75) is 32.4 Å². The van der Waals surface area contributed by atoms with Crippen LogP contribution in [0.5, 0.6) is 0 Å². The molecule has 5 nitrogen and oxygen atoms in total. The summed E-state index contributed by atoms with van der Waals surface area (Å²) in [7, 11) is -0.771. The van der Waals surface area contributed by atoms with E-state index in [2.05, 4.69) is 10.2 Å². The van der Waals surface area contributed by atoms with Crippen LogP contribution in [0.3, 0.4) is 0 Å². The second-order valence-corrected chi connectivity index (χ2v) is 7.51. The highest BCUT2D eigenvalue weighted by Crippen LogP contribution is 2.05. The van der Waals surface area contributed by atoms with Gasteiger partial charge in [-0.15, -0.1) is 0 Å². The van der Waals surface area contributed by atoms with Crippen molar-refractivity contribution in [3.05, 3.63) is 0 Å². The van der Waals surface area contributed by atoms with E-state index < -0.39 is 9.84 Å². The fraction of sp³-hybridized carbons (Fsp3) is 1.00. The quantitative estimate of drug-likeness (QED) is 0.717. The van der Waals surface area contributed by atoms with Crippen molar-refractivity contribution < 1.29 is 13.2 Å². The number of ether oxygens (including phenoxy) is 1. The molecule has 1 saturated heterocycles. The van der Waals surface area contributed by atoms with Crippen molar-refractivity contribution >= 4 is 9.84 Å². The highest BCUT2D eigenvalue weighted by Gasteiger charge is 2.23. The smallest absolute Gasteiger partial charge is 0.153 e. The molecule has 0 aromatic heterocycles. The molecule has 1 aliphatic heterocycles. The Hall–Kier alpha value is -0.170. The lowest BCUT2D eigenvalue weighted by Gasteiger charge is -2.26. The van der Waals surface area contributed by atoms with E-state index in [0.29, 0.717) is 6.54 Å². The first kappa shape index (κ1) is 15.9. The molecule has 1 N–H and O–H groups in total. The molecule has 0 bridgehead atoms. The first-order valence-corrected chi connectivity index (χ1v) is 8.45. The van der Waals surface area contributed by atoms with Gasteiger partial charge in [0.1, 0.15) is 0 Å². The molecule has 0 radical (unpaired) electrons. The minimum Gasteiger partial charge on any atom is -0.377 e. The Balaban J connectivity index is 2.16. The maximum absolute atomic E-state index is 11.5. The van der Waals surface area contributed by atoms with Crippen molar-refractivity contribution in [1.82, 2.24) is 10.2 Å². The fourth-order valence-electron chi connectivity index (χ4n) is 1.99. The minimum absolute atomic E-state index is 0.109. The van der Waals surface area contributed by atoms with Gasteiger partial charge in [0.05, 0.1) is 24.2 Å². The largest absolute Gasteiger partial charge is 0.377 e. The molecule has 1 rings (SSSR count). The SMILES string of the molecule is CC(C)OCCN(C)CCC1CS(=O)(=O)CCN1. The molecule has 0 aromatic rings. The van der Waals surface area contributed by atoms with Crippen LogP contribution in [0.25, 0.3) is 0 Å². The maximum Gasteiger partial charge on any atom is 0.153 e. The Morgan fingerprint density at radius 2 is 2.11 bits per heavy atom. The normalized spacial score (nSPS) is 23.7. The van der Waals surface area contributed by atoms with E-state index in [9.17, 15) is 8.42 Å². The summed E-state index contributed by atoms with van der Waals surface area (Å²) < 4.78 is 28.4. The molecule has 0 saturated carbocycles. The summed E-state index contributed by atoms with van der Waals surface area (Å²) in [6.45, 7) is 7.15. The third-order valence-corrected chi connectivity index (χ3v) is 4.82. The number of rotatable bonds is 7. The molecule has 1 unspecified atom stereocenters. The molecule has 0 aromatic carbocycles. The maximum atomic E-state index is 11.5. The Labute approximate surface area is 111 Å². The van der Waals surface area contributed by atoms with E-state index in [1.807, 2.05) is 20.9 Å². The number of hydrogen-bond donors (Lipinski definition) is 1. The van der Waals surface area contributed by atoms with Crippen LogP contribution in [0.2, 0.25) is 0 Å². The first-order valence-electron chi connectivity index (χ1n) is 6.63. The van der Waals surface area contributed by atoms with Gasteiger partial charge in [0.2, 0.25) is 0 Å². The first-order chi connectivity index (χ1) is 8.39. The summed E-state index contributed by atoms with van der Waals surface area (Å²) >= 11 is 0. The predicted octanol–water partition coefficient (Wildman–Crippen LogP) is 0.120. The van der Waals surface area contributed by atoms with Crippen LogP contribution in [0.15, 0.2) is 0 Å². The van der Waals surface area contributed by atoms with Gasteiger partial charge in [-0.2, -0.15) is 0 Å². The van der Waals surface area contributed by atoms with Gasteiger partial charge in [0, 0.05) is 19.1 Å². The molecule has 1 aliphatic rings. The molecule has 6 heteroatoms. The van der Waals surface area contributed by atoms with Crippen LogP contribution >= 0.6 is 0 Å². The van der Waals surface area contributed by atoms with E-state index in [-0.39, 0.29) is 23.7 Å². The molecule has 108 valence electrons. The third-order valence-electron chi connectivity index (χ3n) is 3.08. The van der Waals surface area contributed by atoms with Gasteiger partial charge < -0.3 is 15.0 Å². The monoisotopic (exact) mass is 278 g/mol. The standard InChI is InChI=1S/C12H26N2O3S/c1-11(2)17-8-7-14(3)6-4-12-10-18(15,16)9-5-13-12/h11-13H,4-10H2,1-3H3. The number of likely N-dealkylation sites (N-methyl/N-ethyl adjacent to an activating group) is 1. The average molecular weight is 278 g/mol. The second-order valence-electron chi connectivity index (χ2n) is 5.28. The van der Waals surface area contributed by atoms with Crippen LogP contribution < -0.4 is 5.32 Å². The number of hydrogen-bond acceptors (Lipinski definition) is 5. The summed E-state index contributed by atoms with van der Waals surface area (Å²) in [6, 6.07) is 0.109. The summed E-state index contributed by atoms with van der Waals surface area (Å²) in [5.41, 5.74) is 0. The van der Waals surface area contributed by atoms with E-state index in [0.717, 1.165) is 26.1 Å². The minimum atomic E-state index is -2.81. The molecule has 0 spiro atoms. The zero-order valence-electron chi connectivity index (χ0n) is 11.7. The third kappa shape index (κ3) is 6.68. The van der Waals surface area contributed by atoms with Crippen LogP contribution in [0.4, 0.5) is 0 Å². The predicted molar refractivity (Wildman–Crippen MR) is 73.6 cm³/mol. The molecular weight excluding hydrogens is 252 g/mol. The van der Waals surface area contributed by atoms with Gasteiger partial charge >= 0.3 is 0 Å². The number of nitrogens with one attached hydrogen (secondary N) is 1. The van der Waals surface area contributed by atoms with Gasteiger partial charge in [-0.3, -0.25) is 0 Å². The fourth-order valence-corrected chi connectivity index (χ4v) is 3.48. The molecule has 0 aliphatic carbocycles. The summed E-state index contributed by atoms with van der Waals surface area (Å²) in [4.78, 5) is 2.19. The van der Waals surface area contributed by atoms with Crippen molar-refractivity contribution in [1.29, 1.82) is 0 Å². The van der Waals surface area contributed by atoms with Gasteiger partial charge in [-0.05, 0) is 33.9 Å². The van der Waals surface area contributed by atoms with Gasteiger partial charge in [0.25, 0.3) is 0 Å². The van der Waals surface area contributed by atoms with Crippen molar-refractivity contribution in [3.63, 3.8) is 0 Å². The average Bonchev–Trinajstić information content (AvgIpc) is 2.24. The van der Waals surface area contributed by atoms with Crippen molar-refractivity contribution in [2.75, 3.05) is 44.8 Å². The highest BCUT2D eigenvalue weighted by atomic mass is 32.2. The van der Waals surface area contributed by atoms with E-state index >= 15 is 0 Å². The lowest BCUT2D eigenvalue weighted by atomic mass is 10.2. The Morgan fingerprint density at radius 3 is 2.72 bits per heavy atom. The second kappa shape index (κ2) is 7.43. The van der Waals surface area contributed by atoms with Crippen LogP contribution in [0, 0.1) is 0 Å². The van der Waals surface area contributed by atoms with Crippen molar-refractivity contribution in [3.8, 4) is 0 Å². The Kier molecular flexibility index (Phi) is 6.55. The number of nitrogens with zero attached hydrogens (tertiary/aromatic N) is 1. The van der Waals surface area contributed by atoms with E-state index in [1.165, 1.54) is 0 Å². The molecule has 1 atom stereocenters. The van der Waals surface area contributed by atoms with E-state index in [4.69, 9.17) is 4.74 Å². The lowest BCUT2D eigenvalue weighted by Crippen LogP contribution is -2.46. The Bertz CT molecular complexity index is 330. The highest BCUT2D eigenvalue weighted by molar-refractivity contribution is 7.91. The molecule has 1 heterocycles. The topological polar surface area (TPSA) is 58.6 Å². The van der Waals surface area contributed by atoms with Gasteiger partial charge in [-0.25, -0.2) is 8.42 Å². The number of sulfone groups is 1. The molecular formula is C12H26N2O3S. The van der Waals surface area contributed by atoms with Crippen LogP contribution in [-0.4, -0.2) is 70.3 Å². The molecule has 18 heavy (non-hydrogen) atoms. The Morgan fingerprint density at radius 1 is 1.39 bits per heavy atom. The van der Waals surface area contributed by atoms with E-state index in [1.54, 1.807) is 0 Å². The summed E-state index contributed by atoms with van der Waals surface area (Å²) in [5, 5.41) is 3.27. The van der Waals surface area contributed by atoms with Crippen LogP contribution in [-0.2, 0) is 14.6 Å². The summed E-state index contributed by atoms with van der Waals surface area (Å²) in [5.74, 6) is 0.560. The summed E-state index contributed by atoms with van der Waals surface area (Å²) in [6.07, 6.45) is 1.14. The molecule has 1 fully saturated rings. The van der Waals surface area contributed by atoms with Crippen molar-refractivity contribution in [2.24, 2.45) is 0 Å². The molecule has 0 amide bonds. The lowest BCUT2D eigenvalue weighted by molar-refractivity contribution is 0.0633. The zero-order valence-corrected chi connectivity index (χ0v) is 12.5. The van der Waals surface area contributed by atoms with Gasteiger partial charge in [0.15, 0.2) is 9.84 Å². The van der Waals surface area contributed by atoms with Gasteiger partial charge in [-0.1, -0.05) is 0 Å².